The van der Waals surface area contributed by atoms with Crippen LogP contribution in [0.4, 0.5) is 5.69 Å². The predicted molar refractivity (Wildman–Crippen MR) is 109 cm³/mol. The minimum Gasteiger partial charge on any atom is -0.490 e. The van der Waals surface area contributed by atoms with Gasteiger partial charge in [0.15, 0.2) is 11.5 Å². The Labute approximate surface area is 173 Å². The van der Waals surface area contributed by atoms with Gasteiger partial charge < -0.3 is 19.2 Å². The van der Waals surface area contributed by atoms with Crippen LogP contribution < -0.4 is 14.8 Å². The number of hydrogen-bond acceptors (Lipinski definition) is 7. The van der Waals surface area contributed by atoms with Crippen molar-refractivity contribution in [3.05, 3.63) is 46.9 Å². The fourth-order valence-electron chi connectivity index (χ4n) is 2.58. The Morgan fingerprint density at radius 3 is 2.79 bits per heavy atom. The van der Waals surface area contributed by atoms with Gasteiger partial charge in [-0.05, 0) is 40.2 Å². The summed E-state index contributed by atoms with van der Waals surface area (Å²) in [5.74, 6) is 1.69. The van der Waals surface area contributed by atoms with Gasteiger partial charge in [-0.3, -0.25) is 4.79 Å². The molecule has 0 saturated heterocycles. The Kier molecular flexibility index (Phi) is 5.82. The number of ether oxygens (including phenoxy) is 2. The lowest BCUT2D eigenvalue weighted by atomic mass is 10.2. The Balaban J connectivity index is 1.35. The van der Waals surface area contributed by atoms with E-state index in [9.17, 15) is 4.79 Å². The molecule has 0 atom stereocenters. The molecule has 1 N–H and O–H groups in total. The highest BCUT2D eigenvalue weighted by molar-refractivity contribution is 9.10. The molecule has 1 aromatic heterocycles. The maximum atomic E-state index is 12.3. The number of rotatable bonds is 5. The second kappa shape index (κ2) is 8.66. The first kappa shape index (κ1) is 18.8. The fourth-order valence-corrected chi connectivity index (χ4v) is 3.59. The Hall–Kier alpha value is -2.52. The number of amides is 1. The second-order valence-electron chi connectivity index (χ2n) is 5.90. The number of hydrogen-bond donors (Lipinski definition) is 1. The van der Waals surface area contributed by atoms with Gasteiger partial charge in [-0.1, -0.05) is 23.9 Å². The lowest BCUT2D eigenvalue weighted by Gasteiger charge is -2.10. The highest BCUT2D eigenvalue weighted by Crippen LogP contribution is 2.32. The van der Waals surface area contributed by atoms with E-state index in [1.165, 1.54) is 11.8 Å². The third-order valence-corrected chi connectivity index (χ3v) is 5.38. The van der Waals surface area contributed by atoms with Gasteiger partial charge in [0.2, 0.25) is 11.8 Å². The first-order valence-electron chi connectivity index (χ1n) is 8.60. The van der Waals surface area contributed by atoms with Crippen LogP contribution in [0.25, 0.3) is 11.5 Å². The monoisotopic (exact) mass is 461 g/mol. The van der Waals surface area contributed by atoms with Crippen LogP contribution in [0.2, 0.25) is 0 Å². The summed E-state index contributed by atoms with van der Waals surface area (Å²) in [5.41, 5.74) is 1.45. The molecular weight excluding hydrogens is 446 g/mol. The molecule has 0 radical (unpaired) electrons. The minimum atomic E-state index is -0.180. The Morgan fingerprint density at radius 1 is 1.11 bits per heavy atom. The van der Waals surface area contributed by atoms with Gasteiger partial charge in [-0.25, -0.2) is 0 Å². The lowest BCUT2D eigenvalue weighted by molar-refractivity contribution is -0.113. The average molecular weight is 462 g/mol. The third kappa shape index (κ3) is 4.48. The third-order valence-electron chi connectivity index (χ3n) is 3.87. The van der Waals surface area contributed by atoms with Crippen LogP contribution in [0.3, 0.4) is 0 Å². The highest BCUT2D eigenvalue weighted by Gasteiger charge is 2.15. The zero-order valence-corrected chi connectivity index (χ0v) is 17.1. The van der Waals surface area contributed by atoms with Gasteiger partial charge >= 0.3 is 0 Å². The lowest BCUT2D eigenvalue weighted by Crippen LogP contribution is -2.14. The van der Waals surface area contributed by atoms with Gasteiger partial charge in [-0.15, -0.1) is 10.2 Å². The Bertz CT molecular complexity index is 995. The number of nitrogens with one attached hydrogen (secondary N) is 1. The molecule has 7 nitrogen and oxygen atoms in total. The molecule has 1 amide bonds. The first-order chi connectivity index (χ1) is 13.7. The molecule has 0 unspecified atom stereocenters. The topological polar surface area (TPSA) is 86.5 Å². The van der Waals surface area contributed by atoms with Crippen molar-refractivity contribution < 1.29 is 18.7 Å². The van der Waals surface area contributed by atoms with Crippen molar-refractivity contribution in [3.63, 3.8) is 0 Å². The van der Waals surface area contributed by atoms with E-state index < -0.39 is 0 Å². The molecule has 1 aliphatic rings. The molecule has 0 saturated carbocycles. The summed E-state index contributed by atoms with van der Waals surface area (Å²) in [6.07, 6.45) is 0.832. The fraction of sp³-hybridized carbons (Fsp3) is 0.211. The van der Waals surface area contributed by atoms with Gasteiger partial charge in [0.1, 0.15) is 0 Å². The maximum absolute atomic E-state index is 12.3. The standard InChI is InChI=1S/C19H16BrN3O4S/c20-14-5-2-1-4-13(14)18-22-23-19(27-18)28-11-17(24)21-12-6-7-15-16(10-12)26-9-3-8-25-15/h1-2,4-7,10H,3,8-9,11H2,(H,21,24). The molecule has 28 heavy (non-hydrogen) atoms. The first-order valence-corrected chi connectivity index (χ1v) is 10.4. The van der Waals surface area contributed by atoms with Crippen molar-refractivity contribution in [1.82, 2.24) is 10.2 Å². The molecule has 0 bridgehead atoms. The number of nitrogens with zero attached hydrogens (tertiary/aromatic N) is 2. The van der Waals surface area contributed by atoms with Gasteiger partial charge in [0, 0.05) is 22.6 Å². The van der Waals surface area contributed by atoms with Crippen molar-refractivity contribution in [2.24, 2.45) is 0 Å². The van der Waals surface area contributed by atoms with Crippen molar-refractivity contribution >= 4 is 39.3 Å². The van der Waals surface area contributed by atoms with E-state index in [1.54, 1.807) is 18.2 Å². The van der Waals surface area contributed by atoms with E-state index in [0.29, 0.717) is 41.5 Å². The number of thioether (sulfide) groups is 1. The molecule has 0 spiro atoms. The molecule has 2 heterocycles. The van der Waals surface area contributed by atoms with Crippen LogP contribution in [-0.2, 0) is 4.79 Å². The van der Waals surface area contributed by atoms with Gasteiger partial charge in [-0.2, -0.15) is 0 Å². The van der Waals surface area contributed by atoms with Crippen LogP contribution in [0.5, 0.6) is 11.5 Å². The van der Waals surface area contributed by atoms with E-state index in [4.69, 9.17) is 13.9 Å². The molecule has 1 aliphatic heterocycles. The minimum absolute atomic E-state index is 0.145. The second-order valence-corrected chi connectivity index (χ2v) is 7.68. The van der Waals surface area contributed by atoms with E-state index in [1.807, 2.05) is 24.3 Å². The maximum Gasteiger partial charge on any atom is 0.277 e. The molecule has 0 fully saturated rings. The highest BCUT2D eigenvalue weighted by atomic mass is 79.9. The number of halogens is 1. The molecule has 144 valence electrons. The van der Waals surface area contributed by atoms with Crippen LogP contribution in [-0.4, -0.2) is 35.1 Å². The summed E-state index contributed by atoms with van der Waals surface area (Å²) < 4.78 is 17.7. The van der Waals surface area contributed by atoms with Gasteiger partial charge in [0.25, 0.3) is 5.22 Å². The Morgan fingerprint density at radius 2 is 1.93 bits per heavy atom. The SMILES string of the molecule is O=C(CSc1nnc(-c2ccccc2Br)o1)Nc1ccc2c(c1)OCCCO2. The molecule has 0 aliphatic carbocycles. The smallest absolute Gasteiger partial charge is 0.277 e. The molecule has 2 aromatic carbocycles. The van der Waals surface area contributed by atoms with E-state index in [0.717, 1.165) is 16.5 Å². The van der Waals surface area contributed by atoms with E-state index in [2.05, 4.69) is 31.4 Å². The van der Waals surface area contributed by atoms with E-state index in [-0.39, 0.29) is 11.7 Å². The number of anilines is 1. The zero-order chi connectivity index (χ0) is 19.3. The summed E-state index contributed by atoms with van der Waals surface area (Å²) in [7, 11) is 0. The molecular formula is C19H16BrN3O4S. The predicted octanol–water partition coefficient (Wildman–Crippen LogP) is 4.39. The quantitative estimate of drug-likeness (QED) is 0.563. The van der Waals surface area contributed by atoms with Crippen molar-refractivity contribution in [1.29, 1.82) is 0 Å². The van der Waals surface area contributed by atoms with Crippen molar-refractivity contribution in [3.8, 4) is 23.0 Å². The van der Waals surface area contributed by atoms with Crippen molar-refractivity contribution in [2.45, 2.75) is 11.6 Å². The number of aromatic nitrogens is 2. The largest absolute Gasteiger partial charge is 0.490 e. The van der Waals surface area contributed by atoms with E-state index >= 15 is 0 Å². The number of benzene rings is 2. The normalized spacial score (nSPS) is 13.0. The molecule has 3 aromatic rings. The molecule has 9 heteroatoms. The van der Waals surface area contributed by atoms with Crippen LogP contribution in [0.15, 0.2) is 56.6 Å². The summed E-state index contributed by atoms with van der Waals surface area (Å²) in [5, 5.41) is 11.2. The zero-order valence-electron chi connectivity index (χ0n) is 14.7. The van der Waals surface area contributed by atoms with Crippen LogP contribution in [0, 0.1) is 0 Å². The summed E-state index contributed by atoms with van der Waals surface area (Å²) in [4.78, 5) is 12.3. The number of fused-ring (bicyclic) bond motifs is 1. The summed E-state index contributed by atoms with van der Waals surface area (Å²) >= 11 is 4.63. The summed E-state index contributed by atoms with van der Waals surface area (Å²) in [6, 6.07) is 12.9. The summed E-state index contributed by atoms with van der Waals surface area (Å²) in [6.45, 7) is 1.22. The van der Waals surface area contributed by atoms with Crippen LogP contribution in [0.1, 0.15) is 6.42 Å². The van der Waals surface area contributed by atoms with Crippen LogP contribution >= 0.6 is 27.7 Å². The van der Waals surface area contributed by atoms with Crippen molar-refractivity contribution in [2.75, 3.05) is 24.3 Å². The molecule has 4 rings (SSSR count). The van der Waals surface area contributed by atoms with Gasteiger partial charge in [0.05, 0.1) is 24.5 Å². The average Bonchev–Trinajstić information content (AvgIpc) is 3.04. The number of carbonyl (C=O) groups excluding carboxylic acids is 1. The number of carbonyl (C=O) groups is 1.